The summed E-state index contributed by atoms with van der Waals surface area (Å²) in [5.74, 6) is -5.67. The average Bonchev–Trinajstić information content (AvgIpc) is 3.07. The van der Waals surface area contributed by atoms with Crippen LogP contribution in [0.25, 0.3) is 0 Å². The van der Waals surface area contributed by atoms with Gasteiger partial charge in [-0.3, -0.25) is 14.4 Å². The number of amides is 2. The van der Waals surface area contributed by atoms with Crippen LogP contribution in [0.3, 0.4) is 0 Å². The zero-order chi connectivity index (χ0) is 24.3. The summed E-state index contributed by atoms with van der Waals surface area (Å²) in [5.41, 5.74) is 1.87. The Kier molecular flexibility index (Phi) is 7.05. The van der Waals surface area contributed by atoms with Gasteiger partial charge in [0.2, 0.25) is 0 Å². The number of nitrogens with one attached hydrogen (secondary N) is 1. The molecule has 2 aromatic rings. The summed E-state index contributed by atoms with van der Waals surface area (Å²) in [6, 6.07) is 9.74. The van der Waals surface area contributed by atoms with E-state index in [2.05, 4.69) is 5.32 Å². The maximum absolute atomic E-state index is 14.5. The van der Waals surface area contributed by atoms with Crippen LogP contribution in [0, 0.1) is 6.92 Å². The summed E-state index contributed by atoms with van der Waals surface area (Å²) in [7, 11) is 0. The standard InChI is InChI=1S/C25H26F2N2O4/c1-15-5-4-6-20(11-15)25(26,27)24(33)28-13-18-8-9-21-19(12-18)14-29(23(21)32)22(17(3)31)10-7-16(2)30/h4-6,8-9,11-12,22H,7,10,13-14H2,1-3H3,(H,28,33). The number of benzene rings is 2. The van der Waals surface area contributed by atoms with Crippen LogP contribution in [0.5, 0.6) is 0 Å². The van der Waals surface area contributed by atoms with E-state index in [0.717, 1.165) is 0 Å². The van der Waals surface area contributed by atoms with Gasteiger partial charge in [-0.2, -0.15) is 8.78 Å². The molecule has 0 aliphatic carbocycles. The van der Waals surface area contributed by atoms with Gasteiger partial charge >= 0.3 is 5.92 Å². The minimum atomic E-state index is -3.68. The van der Waals surface area contributed by atoms with Gasteiger partial charge in [-0.15, -0.1) is 0 Å². The van der Waals surface area contributed by atoms with Crippen LogP contribution in [0.2, 0.25) is 0 Å². The van der Waals surface area contributed by atoms with Gasteiger partial charge in [-0.05, 0) is 50.5 Å². The number of Topliss-reactive ketones (excluding diaryl/α,β-unsaturated/α-hetero) is 2. The van der Waals surface area contributed by atoms with Gasteiger partial charge in [0, 0.05) is 30.6 Å². The number of alkyl halides is 2. The number of aryl methyl sites for hydroxylation is 1. The van der Waals surface area contributed by atoms with Crippen molar-refractivity contribution in [2.45, 2.75) is 58.7 Å². The van der Waals surface area contributed by atoms with Gasteiger partial charge in [-0.1, -0.05) is 35.9 Å². The molecule has 33 heavy (non-hydrogen) atoms. The molecule has 174 valence electrons. The molecule has 0 fully saturated rings. The van der Waals surface area contributed by atoms with E-state index in [0.29, 0.717) is 22.3 Å². The Morgan fingerprint density at radius 3 is 2.48 bits per heavy atom. The van der Waals surface area contributed by atoms with Gasteiger partial charge in [0.25, 0.3) is 11.8 Å². The topological polar surface area (TPSA) is 83.6 Å². The highest BCUT2D eigenvalue weighted by molar-refractivity contribution is 6.01. The van der Waals surface area contributed by atoms with Crippen LogP contribution in [0.15, 0.2) is 42.5 Å². The Morgan fingerprint density at radius 1 is 1.12 bits per heavy atom. The third kappa shape index (κ3) is 5.32. The minimum absolute atomic E-state index is 0.0640. The molecule has 0 radical (unpaired) electrons. The van der Waals surface area contributed by atoms with Crippen molar-refractivity contribution in [3.05, 3.63) is 70.3 Å². The second-order valence-corrected chi connectivity index (χ2v) is 8.42. The number of nitrogens with zero attached hydrogens (tertiary/aromatic N) is 1. The summed E-state index contributed by atoms with van der Waals surface area (Å²) in [5, 5.41) is 2.27. The Labute approximate surface area is 191 Å². The largest absolute Gasteiger partial charge is 0.349 e. The number of ketones is 2. The molecule has 0 aromatic heterocycles. The molecule has 1 atom stereocenters. The van der Waals surface area contributed by atoms with Crippen LogP contribution in [0.1, 0.15) is 59.3 Å². The lowest BCUT2D eigenvalue weighted by Crippen LogP contribution is -2.40. The predicted octanol–water partition coefficient (Wildman–Crippen LogP) is 3.69. The molecule has 2 aromatic carbocycles. The number of rotatable bonds is 9. The SMILES string of the molecule is CC(=O)CCC(C(C)=O)N1Cc2cc(CNC(=O)C(F)(F)c3cccc(C)c3)ccc2C1=O. The molecule has 1 aliphatic rings. The minimum Gasteiger partial charge on any atom is -0.346 e. The molecule has 2 amide bonds. The number of hydrogen-bond acceptors (Lipinski definition) is 4. The zero-order valence-corrected chi connectivity index (χ0v) is 18.8. The molecule has 1 unspecified atom stereocenters. The highest BCUT2D eigenvalue weighted by atomic mass is 19.3. The lowest BCUT2D eigenvalue weighted by atomic mass is 10.0. The third-order valence-electron chi connectivity index (χ3n) is 5.74. The predicted molar refractivity (Wildman–Crippen MR) is 118 cm³/mol. The molecular formula is C25H26F2N2O4. The molecule has 0 saturated heterocycles. The zero-order valence-electron chi connectivity index (χ0n) is 18.8. The highest BCUT2D eigenvalue weighted by Gasteiger charge is 2.41. The van der Waals surface area contributed by atoms with Crippen molar-refractivity contribution in [3.8, 4) is 0 Å². The van der Waals surface area contributed by atoms with Crippen LogP contribution in [0.4, 0.5) is 8.78 Å². The number of hydrogen-bond donors (Lipinski definition) is 1. The van der Waals surface area contributed by atoms with Crippen LogP contribution < -0.4 is 5.32 Å². The van der Waals surface area contributed by atoms with Crippen LogP contribution >= 0.6 is 0 Å². The van der Waals surface area contributed by atoms with Crippen LogP contribution in [-0.4, -0.2) is 34.3 Å². The fourth-order valence-electron chi connectivity index (χ4n) is 3.94. The first-order valence-corrected chi connectivity index (χ1v) is 10.7. The summed E-state index contributed by atoms with van der Waals surface area (Å²) in [4.78, 5) is 49.9. The highest BCUT2D eigenvalue weighted by Crippen LogP contribution is 2.30. The van der Waals surface area contributed by atoms with E-state index in [-0.39, 0.29) is 49.0 Å². The first-order valence-electron chi connectivity index (χ1n) is 10.7. The van der Waals surface area contributed by atoms with E-state index in [1.807, 2.05) is 0 Å². The molecule has 0 bridgehead atoms. The molecule has 1 N–H and O–H groups in total. The van der Waals surface area contributed by atoms with E-state index in [1.54, 1.807) is 31.2 Å². The monoisotopic (exact) mass is 456 g/mol. The second-order valence-electron chi connectivity index (χ2n) is 8.42. The van der Waals surface area contributed by atoms with Crippen LogP contribution in [-0.2, 0) is 33.4 Å². The van der Waals surface area contributed by atoms with E-state index >= 15 is 0 Å². The van der Waals surface area contributed by atoms with Gasteiger partial charge in [0.1, 0.15) is 5.78 Å². The first kappa shape index (κ1) is 24.2. The lowest BCUT2D eigenvalue weighted by Gasteiger charge is -2.25. The van der Waals surface area contributed by atoms with E-state index in [1.165, 1.54) is 36.9 Å². The first-order chi connectivity index (χ1) is 15.5. The van der Waals surface area contributed by atoms with Gasteiger partial charge in [0.15, 0.2) is 5.78 Å². The van der Waals surface area contributed by atoms with E-state index in [4.69, 9.17) is 0 Å². The molecule has 6 nitrogen and oxygen atoms in total. The maximum Gasteiger partial charge on any atom is 0.349 e. The summed E-state index contributed by atoms with van der Waals surface area (Å²) in [6.45, 7) is 4.53. The van der Waals surface area contributed by atoms with Gasteiger partial charge in [-0.25, -0.2) is 0 Å². The third-order valence-corrected chi connectivity index (χ3v) is 5.74. The molecule has 0 saturated carbocycles. The van der Waals surface area contributed by atoms with Crippen molar-refractivity contribution in [2.75, 3.05) is 0 Å². The Bertz CT molecular complexity index is 1110. The second kappa shape index (κ2) is 9.60. The maximum atomic E-state index is 14.5. The number of fused-ring (bicyclic) bond motifs is 1. The van der Waals surface area contributed by atoms with Crippen molar-refractivity contribution in [2.24, 2.45) is 0 Å². The molecule has 0 spiro atoms. The fraction of sp³-hybridized carbons (Fsp3) is 0.360. The van der Waals surface area contributed by atoms with Crippen molar-refractivity contribution >= 4 is 23.4 Å². The molecule has 3 rings (SSSR count). The lowest BCUT2D eigenvalue weighted by molar-refractivity contribution is -0.147. The van der Waals surface area contributed by atoms with Crippen molar-refractivity contribution in [1.29, 1.82) is 0 Å². The summed E-state index contributed by atoms with van der Waals surface area (Å²) in [6.07, 6.45) is 0.443. The fourth-order valence-corrected chi connectivity index (χ4v) is 3.94. The van der Waals surface area contributed by atoms with Gasteiger partial charge in [0.05, 0.1) is 6.04 Å². The summed E-state index contributed by atoms with van der Waals surface area (Å²) >= 11 is 0. The van der Waals surface area contributed by atoms with Crippen molar-refractivity contribution in [1.82, 2.24) is 10.2 Å². The molecular weight excluding hydrogens is 430 g/mol. The summed E-state index contributed by atoms with van der Waals surface area (Å²) < 4.78 is 29.1. The average molecular weight is 456 g/mol. The quantitative estimate of drug-likeness (QED) is 0.624. The number of carbonyl (C=O) groups is 4. The molecule has 8 heteroatoms. The smallest absolute Gasteiger partial charge is 0.346 e. The Balaban J connectivity index is 1.70. The Morgan fingerprint density at radius 2 is 1.85 bits per heavy atom. The van der Waals surface area contributed by atoms with E-state index in [9.17, 15) is 28.0 Å². The van der Waals surface area contributed by atoms with Crippen molar-refractivity contribution < 1.29 is 28.0 Å². The molecule has 1 aliphatic heterocycles. The van der Waals surface area contributed by atoms with Gasteiger partial charge < -0.3 is 15.0 Å². The molecule has 1 heterocycles. The van der Waals surface area contributed by atoms with Crippen molar-refractivity contribution in [3.63, 3.8) is 0 Å². The van der Waals surface area contributed by atoms with E-state index < -0.39 is 17.9 Å². The normalized spacial score (nSPS) is 14.1. The number of halogens is 2. The number of carbonyl (C=O) groups excluding carboxylic acids is 4. The Hall–Kier alpha value is -3.42.